The zero-order valence-corrected chi connectivity index (χ0v) is 6.90. The summed E-state index contributed by atoms with van der Waals surface area (Å²) in [6.45, 7) is 2.88. The van der Waals surface area contributed by atoms with Crippen LogP contribution in [0.4, 0.5) is 0 Å². The highest BCUT2D eigenvalue weighted by Gasteiger charge is 2.00. The largest absolute Gasteiger partial charge is 0.355 e. The lowest BCUT2D eigenvalue weighted by Gasteiger charge is -2.01. The maximum Gasteiger partial charge on any atom is 0.241 e. The first-order valence-corrected chi connectivity index (χ1v) is 3.80. The molecule has 0 saturated carbocycles. The van der Waals surface area contributed by atoms with Gasteiger partial charge in [-0.3, -0.25) is 4.79 Å². The number of hydrogen-bond donors (Lipinski definition) is 1. The molecule has 0 fully saturated rings. The number of nitrogens with zero attached hydrogens (tertiary/aromatic N) is 4. The van der Waals surface area contributed by atoms with Gasteiger partial charge in [-0.05, 0) is 16.8 Å². The van der Waals surface area contributed by atoms with E-state index < -0.39 is 0 Å². The van der Waals surface area contributed by atoms with Gasteiger partial charge in [0, 0.05) is 6.54 Å². The average molecular weight is 169 g/mol. The number of carbonyl (C=O) groups excluding carboxylic acids is 1. The number of hydrogen-bond acceptors (Lipinski definition) is 4. The maximum atomic E-state index is 11.0. The molecule has 0 radical (unpaired) electrons. The third-order valence-corrected chi connectivity index (χ3v) is 1.27. The van der Waals surface area contributed by atoms with Crippen LogP contribution in [0.3, 0.4) is 0 Å². The summed E-state index contributed by atoms with van der Waals surface area (Å²) in [5, 5.41) is 13.1. The van der Waals surface area contributed by atoms with Crippen molar-refractivity contribution in [1.82, 2.24) is 25.5 Å². The number of nitrogens with one attached hydrogen (secondary N) is 1. The third-order valence-electron chi connectivity index (χ3n) is 1.27. The second kappa shape index (κ2) is 4.42. The van der Waals surface area contributed by atoms with E-state index in [1.165, 1.54) is 11.0 Å². The second-order valence-electron chi connectivity index (χ2n) is 2.36. The Kier molecular flexibility index (Phi) is 3.18. The second-order valence-corrected chi connectivity index (χ2v) is 2.36. The molecule has 0 saturated heterocycles. The Bertz CT molecular complexity index is 232. The van der Waals surface area contributed by atoms with Crippen LogP contribution in [0.2, 0.25) is 0 Å². The Labute approximate surface area is 70.0 Å². The highest BCUT2D eigenvalue weighted by atomic mass is 16.2. The minimum atomic E-state index is -0.0656. The van der Waals surface area contributed by atoms with E-state index in [-0.39, 0.29) is 12.5 Å². The molecule has 0 spiro atoms. The summed E-state index contributed by atoms with van der Waals surface area (Å²) in [7, 11) is 0. The lowest BCUT2D eigenvalue weighted by molar-refractivity contribution is -0.121. The molecule has 0 unspecified atom stereocenters. The molecule has 6 heteroatoms. The van der Waals surface area contributed by atoms with Gasteiger partial charge >= 0.3 is 0 Å². The first-order valence-electron chi connectivity index (χ1n) is 3.80. The Morgan fingerprint density at radius 1 is 1.67 bits per heavy atom. The zero-order valence-electron chi connectivity index (χ0n) is 6.90. The van der Waals surface area contributed by atoms with Crippen LogP contribution in [-0.2, 0) is 11.3 Å². The smallest absolute Gasteiger partial charge is 0.241 e. The molecule has 1 rings (SSSR count). The molecule has 1 aromatic heterocycles. The van der Waals surface area contributed by atoms with E-state index in [9.17, 15) is 4.79 Å². The van der Waals surface area contributed by atoms with E-state index in [0.717, 1.165) is 6.42 Å². The van der Waals surface area contributed by atoms with Gasteiger partial charge in [0.1, 0.15) is 12.9 Å². The predicted octanol–water partition coefficient (Wildman–Crippen LogP) is -0.801. The molecule has 1 aromatic rings. The lowest BCUT2D eigenvalue weighted by atomic mass is 10.4. The van der Waals surface area contributed by atoms with Gasteiger partial charge in [-0.25, -0.2) is 4.68 Å². The third kappa shape index (κ3) is 2.65. The normalized spacial score (nSPS) is 9.75. The quantitative estimate of drug-likeness (QED) is 0.640. The highest BCUT2D eigenvalue weighted by molar-refractivity contribution is 5.75. The van der Waals surface area contributed by atoms with Gasteiger partial charge < -0.3 is 5.32 Å². The molecule has 1 heterocycles. The molecule has 0 aliphatic carbocycles. The van der Waals surface area contributed by atoms with Crippen molar-refractivity contribution >= 4 is 5.91 Å². The molecular formula is C6H11N5O. The number of amides is 1. The van der Waals surface area contributed by atoms with Gasteiger partial charge in [0.2, 0.25) is 5.91 Å². The molecule has 0 aliphatic rings. The Balaban J connectivity index is 2.27. The van der Waals surface area contributed by atoms with Crippen molar-refractivity contribution in [3.63, 3.8) is 0 Å². The van der Waals surface area contributed by atoms with Crippen molar-refractivity contribution in [3.05, 3.63) is 6.33 Å². The Morgan fingerprint density at radius 3 is 3.08 bits per heavy atom. The summed E-state index contributed by atoms with van der Waals surface area (Å²) in [5.41, 5.74) is 0. The van der Waals surface area contributed by atoms with Gasteiger partial charge in [0.15, 0.2) is 0 Å². The van der Waals surface area contributed by atoms with Crippen LogP contribution in [0.15, 0.2) is 6.33 Å². The molecule has 0 bridgehead atoms. The van der Waals surface area contributed by atoms with Crippen molar-refractivity contribution in [2.75, 3.05) is 6.54 Å². The van der Waals surface area contributed by atoms with Gasteiger partial charge in [0.05, 0.1) is 0 Å². The van der Waals surface area contributed by atoms with Crippen LogP contribution in [0.5, 0.6) is 0 Å². The summed E-state index contributed by atoms with van der Waals surface area (Å²) in [6.07, 6.45) is 2.34. The fourth-order valence-electron chi connectivity index (χ4n) is 0.720. The van der Waals surface area contributed by atoms with Crippen LogP contribution in [0.25, 0.3) is 0 Å². The number of tetrazole rings is 1. The molecule has 1 N–H and O–H groups in total. The topological polar surface area (TPSA) is 72.7 Å². The van der Waals surface area contributed by atoms with E-state index in [4.69, 9.17) is 0 Å². The number of carbonyl (C=O) groups is 1. The van der Waals surface area contributed by atoms with Crippen LogP contribution < -0.4 is 5.32 Å². The first-order chi connectivity index (χ1) is 5.83. The minimum absolute atomic E-state index is 0.0656. The molecular weight excluding hydrogens is 158 g/mol. The van der Waals surface area contributed by atoms with Crippen LogP contribution in [-0.4, -0.2) is 32.7 Å². The molecule has 12 heavy (non-hydrogen) atoms. The van der Waals surface area contributed by atoms with Gasteiger partial charge in [-0.1, -0.05) is 6.92 Å². The van der Waals surface area contributed by atoms with Gasteiger partial charge in [-0.2, -0.15) is 0 Å². The summed E-state index contributed by atoms with van der Waals surface area (Å²) >= 11 is 0. The highest BCUT2D eigenvalue weighted by Crippen LogP contribution is 1.78. The number of rotatable bonds is 4. The number of aromatic nitrogens is 4. The summed E-state index contributed by atoms with van der Waals surface area (Å²) in [6, 6.07) is 0. The fourth-order valence-corrected chi connectivity index (χ4v) is 0.720. The van der Waals surface area contributed by atoms with Gasteiger partial charge in [-0.15, -0.1) is 5.10 Å². The molecule has 0 atom stereocenters. The van der Waals surface area contributed by atoms with Crippen molar-refractivity contribution in [2.24, 2.45) is 0 Å². The van der Waals surface area contributed by atoms with E-state index in [1.807, 2.05) is 6.92 Å². The van der Waals surface area contributed by atoms with E-state index >= 15 is 0 Å². The Morgan fingerprint density at radius 2 is 2.50 bits per heavy atom. The fraction of sp³-hybridized carbons (Fsp3) is 0.667. The SMILES string of the molecule is CCCNC(=O)Cn1cnnn1. The van der Waals surface area contributed by atoms with Crippen molar-refractivity contribution in [3.8, 4) is 0 Å². The van der Waals surface area contributed by atoms with Crippen LogP contribution >= 0.6 is 0 Å². The van der Waals surface area contributed by atoms with E-state index in [1.54, 1.807) is 0 Å². The Hall–Kier alpha value is -1.46. The zero-order chi connectivity index (χ0) is 8.81. The molecule has 0 aromatic carbocycles. The van der Waals surface area contributed by atoms with E-state index in [0.29, 0.717) is 6.54 Å². The summed E-state index contributed by atoms with van der Waals surface area (Å²) in [4.78, 5) is 11.0. The minimum Gasteiger partial charge on any atom is -0.355 e. The lowest BCUT2D eigenvalue weighted by Crippen LogP contribution is -2.28. The van der Waals surface area contributed by atoms with Crippen LogP contribution in [0.1, 0.15) is 13.3 Å². The molecule has 0 aliphatic heterocycles. The van der Waals surface area contributed by atoms with Crippen molar-refractivity contribution in [1.29, 1.82) is 0 Å². The predicted molar refractivity (Wildman–Crippen MR) is 41.1 cm³/mol. The molecule has 1 amide bonds. The maximum absolute atomic E-state index is 11.0. The van der Waals surface area contributed by atoms with Crippen molar-refractivity contribution < 1.29 is 4.79 Å². The summed E-state index contributed by atoms with van der Waals surface area (Å²) in [5.74, 6) is -0.0656. The van der Waals surface area contributed by atoms with Crippen molar-refractivity contribution in [2.45, 2.75) is 19.9 Å². The molecule has 6 nitrogen and oxygen atoms in total. The molecule has 66 valence electrons. The van der Waals surface area contributed by atoms with Crippen LogP contribution in [0, 0.1) is 0 Å². The first kappa shape index (κ1) is 8.63. The standard InChI is InChI=1S/C6H11N5O/c1-2-3-7-6(12)4-11-5-8-9-10-11/h5H,2-4H2,1H3,(H,7,12). The summed E-state index contributed by atoms with van der Waals surface area (Å²) < 4.78 is 1.38. The monoisotopic (exact) mass is 169 g/mol. The average Bonchev–Trinajstić information content (AvgIpc) is 2.53. The van der Waals surface area contributed by atoms with Gasteiger partial charge in [0.25, 0.3) is 0 Å². The van der Waals surface area contributed by atoms with E-state index in [2.05, 4.69) is 20.8 Å².